The molecule has 0 unspecified atom stereocenters. The molecule has 3 heterocycles. The molecule has 6 rings (SSSR count). The summed E-state index contributed by atoms with van der Waals surface area (Å²) < 4.78 is 10.6. The zero-order valence-electron chi connectivity index (χ0n) is 19.9. The van der Waals surface area contributed by atoms with Crippen LogP contribution < -0.4 is 14.8 Å². The van der Waals surface area contributed by atoms with Crippen molar-refractivity contribution in [1.29, 1.82) is 0 Å². The van der Waals surface area contributed by atoms with Crippen LogP contribution in [-0.2, 0) is 0 Å². The highest BCUT2D eigenvalue weighted by atomic mass is 32.1. The number of rotatable bonds is 4. The largest absolute Gasteiger partial charge is 0.454 e. The first kappa shape index (κ1) is 23.4. The van der Waals surface area contributed by atoms with Gasteiger partial charge in [-0.3, -0.25) is 29.5 Å². The summed E-state index contributed by atoms with van der Waals surface area (Å²) in [6.45, 7) is 3.68. The van der Waals surface area contributed by atoms with Crippen LogP contribution in [0.15, 0.2) is 54.6 Å². The summed E-state index contributed by atoms with van der Waals surface area (Å²) in [7, 11) is 0. The summed E-state index contributed by atoms with van der Waals surface area (Å²) in [6, 6.07) is 16.1. The van der Waals surface area contributed by atoms with E-state index in [0.717, 1.165) is 10.8 Å². The van der Waals surface area contributed by atoms with Gasteiger partial charge in [0, 0.05) is 61.3 Å². The summed E-state index contributed by atoms with van der Waals surface area (Å²) in [6.07, 6.45) is 0. The molecule has 0 spiro atoms. The van der Waals surface area contributed by atoms with Crippen molar-refractivity contribution in [3.05, 3.63) is 71.3 Å². The Balaban J connectivity index is 1.03. The van der Waals surface area contributed by atoms with Crippen molar-refractivity contribution in [1.82, 2.24) is 20.0 Å². The van der Waals surface area contributed by atoms with Crippen LogP contribution in [0, 0.1) is 0 Å². The van der Waals surface area contributed by atoms with Crippen molar-refractivity contribution in [2.45, 2.75) is 0 Å². The minimum atomic E-state index is -0.303. The van der Waals surface area contributed by atoms with Gasteiger partial charge in [0.25, 0.3) is 17.7 Å². The van der Waals surface area contributed by atoms with Gasteiger partial charge in [-0.2, -0.15) is 0 Å². The number of carbonyl (C=O) groups is 3. The zero-order valence-corrected chi connectivity index (χ0v) is 20.8. The SMILES string of the molecule is O=C(NC(=S)N1CCN(CCN2C(=O)c3cccc4cccc(c34)C2=O)CC1)c1ccc2c(c1)OCO2. The predicted molar refractivity (Wildman–Crippen MR) is 140 cm³/mol. The maximum Gasteiger partial charge on any atom is 0.261 e. The molecule has 3 amide bonds. The average molecular weight is 517 g/mol. The van der Waals surface area contributed by atoms with Gasteiger partial charge in [0.05, 0.1) is 0 Å². The van der Waals surface area contributed by atoms with Crippen LogP contribution in [0.2, 0.25) is 0 Å². The summed E-state index contributed by atoms with van der Waals surface area (Å²) in [5.74, 6) is 0.353. The summed E-state index contributed by atoms with van der Waals surface area (Å²) in [5.41, 5.74) is 1.58. The van der Waals surface area contributed by atoms with E-state index in [1.165, 1.54) is 4.90 Å². The third-order valence-corrected chi connectivity index (χ3v) is 7.37. The lowest BCUT2D eigenvalue weighted by Crippen LogP contribution is -2.54. The molecule has 3 aliphatic heterocycles. The molecule has 3 aromatic rings. The monoisotopic (exact) mass is 516 g/mol. The number of nitrogens with zero attached hydrogens (tertiary/aromatic N) is 3. The Kier molecular flexibility index (Phi) is 5.97. The molecule has 1 saturated heterocycles. The van der Waals surface area contributed by atoms with Crippen molar-refractivity contribution >= 4 is 45.8 Å². The number of imide groups is 1. The minimum Gasteiger partial charge on any atom is -0.454 e. The van der Waals surface area contributed by atoms with Gasteiger partial charge in [0.2, 0.25) is 6.79 Å². The second-order valence-corrected chi connectivity index (χ2v) is 9.51. The molecule has 0 aromatic heterocycles. The fraction of sp³-hybridized carbons (Fsp3) is 0.259. The number of benzene rings is 3. The Bertz CT molecular complexity index is 1400. The van der Waals surface area contributed by atoms with E-state index < -0.39 is 0 Å². The molecule has 0 bridgehead atoms. The first-order valence-electron chi connectivity index (χ1n) is 12.1. The molecule has 0 atom stereocenters. The van der Waals surface area contributed by atoms with Gasteiger partial charge in [-0.25, -0.2) is 0 Å². The fourth-order valence-corrected chi connectivity index (χ4v) is 5.26. The Morgan fingerprint density at radius 2 is 1.54 bits per heavy atom. The van der Waals surface area contributed by atoms with Gasteiger partial charge < -0.3 is 14.4 Å². The van der Waals surface area contributed by atoms with Crippen molar-refractivity contribution in [2.24, 2.45) is 0 Å². The van der Waals surface area contributed by atoms with Gasteiger partial charge in [0.1, 0.15) is 0 Å². The Morgan fingerprint density at radius 1 is 0.865 bits per heavy atom. The van der Waals surface area contributed by atoms with E-state index >= 15 is 0 Å². The number of hydrogen-bond acceptors (Lipinski definition) is 7. The smallest absolute Gasteiger partial charge is 0.261 e. The van der Waals surface area contributed by atoms with E-state index in [9.17, 15) is 14.4 Å². The van der Waals surface area contributed by atoms with Gasteiger partial charge in [-0.05, 0) is 47.9 Å². The minimum absolute atomic E-state index is 0.145. The first-order valence-corrected chi connectivity index (χ1v) is 12.5. The maximum atomic E-state index is 13.1. The second-order valence-electron chi connectivity index (χ2n) is 9.13. The van der Waals surface area contributed by atoms with Crippen LogP contribution in [0.1, 0.15) is 31.1 Å². The second kappa shape index (κ2) is 9.45. The van der Waals surface area contributed by atoms with Gasteiger partial charge in [0.15, 0.2) is 16.6 Å². The zero-order chi connectivity index (χ0) is 25.5. The lowest BCUT2D eigenvalue weighted by molar-refractivity contribution is 0.0583. The van der Waals surface area contributed by atoms with E-state index in [0.29, 0.717) is 72.6 Å². The number of carbonyl (C=O) groups excluding carboxylic acids is 3. The van der Waals surface area contributed by atoms with E-state index in [-0.39, 0.29) is 24.5 Å². The molecule has 3 aromatic carbocycles. The van der Waals surface area contributed by atoms with Crippen molar-refractivity contribution in [3.63, 3.8) is 0 Å². The molecule has 0 radical (unpaired) electrons. The molecule has 9 nitrogen and oxygen atoms in total. The molecule has 188 valence electrons. The number of amides is 3. The summed E-state index contributed by atoms with van der Waals surface area (Å²) in [4.78, 5) is 44.4. The fourth-order valence-electron chi connectivity index (χ4n) is 4.99. The number of piperazine rings is 1. The lowest BCUT2D eigenvalue weighted by Gasteiger charge is -2.37. The average Bonchev–Trinajstić information content (AvgIpc) is 3.40. The van der Waals surface area contributed by atoms with Crippen LogP contribution in [0.5, 0.6) is 11.5 Å². The molecule has 3 aliphatic rings. The van der Waals surface area contributed by atoms with Crippen LogP contribution in [-0.4, -0.2) is 83.6 Å². The van der Waals surface area contributed by atoms with Gasteiger partial charge >= 0.3 is 0 Å². The number of hydrogen-bond donors (Lipinski definition) is 1. The van der Waals surface area contributed by atoms with Crippen LogP contribution in [0.4, 0.5) is 0 Å². The van der Waals surface area contributed by atoms with E-state index in [1.54, 1.807) is 30.3 Å². The van der Waals surface area contributed by atoms with Gasteiger partial charge in [-0.15, -0.1) is 0 Å². The van der Waals surface area contributed by atoms with Gasteiger partial charge in [-0.1, -0.05) is 24.3 Å². The first-order chi connectivity index (χ1) is 18.0. The highest BCUT2D eigenvalue weighted by molar-refractivity contribution is 7.80. The van der Waals surface area contributed by atoms with E-state index in [1.807, 2.05) is 29.2 Å². The molecule has 1 N–H and O–H groups in total. The number of ether oxygens (including phenoxy) is 2. The standard InChI is InChI=1S/C27H24N4O5S/c32-24(18-7-8-21-22(15-18)36-16-35-21)28-27(37)30-12-9-29(10-13-30)11-14-31-25(33)19-5-1-3-17-4-2-6-20(23(17)19)26(31)34/h1-8,15H,9-14,16H2,(H,28,32,37). The van der Waals surface area contributed by atoms with Crippen LogP contribution >= 0.6 is 12.2 Å². The maximum absolute atomic E-state index is 13.1. The number of nitrogens with one attached hydrogen (secondary N) is 1. The highest BCUT2D eigenvalue weighted by Gasteiger charge is 2.33. The van der Waals surface area contributed by atoms with Crippen molar-refractivity contribution in [2.75, 3.05) is 46.1 Å². The third-order valence-electron chi connectivity index (χ3n) is 7.01. The number of fused-ring (bicyclic) bond motifs is 1. The Hall–Kier alpha value is -4.02. The quantitative estimate of drug-likeness (QED) is 0.418. The molecule has 37 heavy (non-hydrogen) atoms. The Morgan fingerprint density at radius 3 is 2.24 bits per heavy atom. The van der Waals surface area contributed by atoms with Crippen molar-refractivity contribution in [3.8, 4) is 11.5 Å². The topological polar surface area (TPSA) is 91.4 Å². The summed E-state index contributed by atoms with van der Waals surface area (Å²) >= 11 is 5.48. The van der Waals surface area contributed by atoms with Crippen LogP contribution in [0.25, 0.3) is 10.8 Å². The highest BCUT2D eigenvalue weighted by Crippen LogP contribution is 2.32. The Labute approximate surface area is 218 Å². The summed E-state index contributed by atoms with van der Waals surface area (Å²) in [5, 5.41) is 4.80. The molecule has 1 fully saturated rings. The number of thiocarbonyl (C=S) groups is 1. The van der Waals surface area contributed by atoms with Crippen LogP contribution in [0.3, 0.4) is 0 Å². The normalized spacial score (nSPS) is 16.9. The molecule has 0 saturated carbocycles. The van der Waals surface area contributed by atoms with E-state index in [4.69, 9.17) is 21.7 Å². The lowest BCUT2D eigenvalue weighted by atomic mass is 9.94. The predicted octanol–water partition coefficient (Wildman–Crippen LogP) is 2.50. The molecular formula is C27H24N4O5S. The molecular weight excluding hydrogens is 492 g/mol. The van der Waals surface area contributed by atoms with E-state index in [2.05, 4.69) is 10.2 Å². The molecule has 10 heteroatoms. The molecule has 0 aliphatic carbocycles. The van der Waals surface area contributed by atoms with Crippen molar-refractivity contribution < 1.29 is 23.9 Å². The third kappa shape index (κ3) is 4.28.